The van der Waals surface area contributed by atoms with Crippen molar-refractivity contribution in [3.63, 3.8) is 0 Å². The van der Waals surface area contributed by atoms with Crippen molar-refractivity contribution >= 4 is 51.5 Å². The number of barbiturate groups is 1. The van der Waals surface area contributed by atoms with E-state index >= 15 is 0 Å². The molecule has 1 aliphatic rings. The molecule has 35 heavy (non-hydrogen) atoms. The second-order valence-electron chi connectivity index (χ2n) is 7.57. The van der Waals surface area contributed by atoms with E-state index in [4.69, 9.17) is 14.2 Å². The lowest BCUT2D eigenvalue weighted by Crippen LogP contribution is -2.54. The molecule has 0 radical (unpaired) electrons. The molecule has 9 nitrogen and oxygen atoms in total. The maximum Gasteiger partial charge on any atom is 0.344 e. The Labute approximate surface area is 211 Å². The zero-order valence-electron chi connectivity index (χ0n) is 19.8. The van der Waals surface area contributed by atoms with Crippen LogP contribution in [0.25, 0.3) is 6.08 Å². The number of esters is 1. The number of imide groups is 2. The maximum atomic E-state index is 13.2. The van der Waals surface area contributed by atoms with Gasteiger partial charge in [0.15, 0.2) is 18.1 Å². The van der Waals surface area contributed by atoms with Gasteiger partial charge in [0.1, 0.15) is 5.57 Å². The van der Waals surface area contributed by atoms with Crippen molar-refractivity contribution < 1.29 is 33.4 Å². The number of urea groups is 1. The summed E-state index contributed by atoms with van der Waals surface area (Å²) in [5, 5.41) is 2.21. The molecule has 1 saturated heterocycles. The third kappa shape index (κ3) is 5.89. The first-order valence-corrected chi connectivity index (χ1v) is 11.7. The Bertz CT molecular complexity index is 1220. The molecule has 0 saturated carbocycles. The van der Waals surface area contributed by atoms with Crippen LogP contribution in [0.15, 0.2) is 40.4 Å². The van der Waals surface area contributed by atoms with Crippen molar-refractivity contribution in [2.45, 2.75) is 27.7 Å². The Balaban J connectivity index is 1.97. The van der Waals surface area contributed by atoms with Crippen LogP contribution in [0.2, 0.25) is 0 Å². The van der Waals surface area contributed by atoms with Gasteiger partial charge in [0.2, 0.25) is 0 Å². The van der Waals surface area contributed by atoms with Crippen LogP contribution in [0.4, 0.5) is 10.5 Å². The molecule has 184 valence electrons. The van der Waals surface area contributed by atoms with E-state index in [-0.39, 0.29) is 24.5 Å². The lowest BCUT2D eigenvalue weighted by molar-refractivity contribution is -0.145. The number of nitrogens with one attached hydrogen (secondary N) is 1. The normalized spacial score (nSPS) is 14.7. The van der Waals surface area contributed by atoms with Crippen molar-refractivity contribution in [3.8, 4) is 11.5 Å². The molecule has 10 heteroatoms. The second kappa shape index (κ2) is 11.2. The number of halogens is 1. The molecule has 2 aromatic rings. The number of aryl methyl sites for hydroxylation is 2. The predicted molar refractivity (Wildman–Crippen MR) is 132 cm³/mol. The monoisotopic (exact) mass is 544 g/mol. The Morgan fingerprint density at radius 1 is 1.00 bits per heavy atom. The Morgan fingerprint density at radius 3 is 2.37 bits per heavy atom. The lowest BCUT2D eigenvalue weighted by atomic mass is 10.0. The van der Waals surface area contributed by atoms with E-state index in [2.05, 4.69) is 21.2 Å². The minimum atomic E-state index is -0.822. The average molecular weight is 545 g/mol. The van der Waals surface area contributed by atoms with Crippen molar-refractivity contribution in [3.05, 3.63) is 57.1 Å². The van der Waals surface area contributed by atoms with E-state index in [1.165, 1.54) is 6.08 Å². The Morgan fingerprint density at radius 2 is 1.71 bits per heavy atom. The van der Waals surface area contributed by atoms with Gasteiger partial charge in [0, 0.05) is 4.47 Å². The molecule has 0 spiro atoms. The number of benzene rings is 2. The van der Waals surface area contributed by atoms with E-state index in [1.807, 2.05) is 13.8 Å². The summed E-state index contributed by atoms with van der Waals surface area (Å²) in [7, 11) is 0. The fourth-order valence-corrected chi connectivity index (χ4v) is 3.73. The summed E-state index contributed by atoms with van der Waals surface area (Å²) in [4.78, 5) is 50.9. The highest BCUT2D eigenvalue weighted by atomic mass is 79.9. The number of amides is 4. The molecule has 1 N–H and O–H groups in total. The van der Waals surface area contributed by atoms with E-state index in [9.17, 15) is 19.2 Å². The molecule has 0 atom stereocenters. The minimum absolute atomic E-state index is 0.230. The van der Waals surface area contributed by atoms with Gasteiger partial charge in [-0.05, 0) is 74.7 Å². The molecule has 3 rings (SSSR count). The standard InChI is InChI=1S/C25H25BrN2O7/c1-5-33-20-11-16(19(26)12-21(20)35-13-22(29)34-6-2)10-18-23(30)27-25(32)28(24(18)31)17-8-7-14(3)15(4)9-17/h7-12H,5-6,13H2,1-4H3,(H,27,30,32)/b18-10+. The van der Waals surface area contributed by atoms with Crippen LogP contribution in [-0.2, 0) is 19.1 Å². The van der Waals surface area contributed by atoms with Gasteiger partial charge in [-0.1, -0.05) is 22.0 Å². The Kier molecular flexibility index (Phi) is 8.29. The van der Waals surface area contributed by atoms with Crippen LogP contribution in [0.5, 0.6) is 11.5 Å². The third-order valence-corrected chi connectivity index (χ3v) is 5.85. The molecule has 0 aromatic heterocycles. The summed E-state index contributed by atoms with van der Waals surface area (Å²) in [6.45, 7) is 7.48. The number of anilines is 1. The van der Waals surface area contributed by atoms with Gasteiger partial charge in [-0.25, -0.2) is 14.5 Å². The summed E-state index contributed by atoms with van der Waals surface area (Å²) in [5.74, 6) is -1.52. The molecular formula is C25H25BrN2O7. The van der Waals surface area contributed by atoms with E-state index in [0.717, 1.165) is 16.0 Å². The molecule has 4 amide bonds. The third-order valence-electron chi connectivity index (χ3n) is 5.16. The van der Waals surface area contributed by atoms with Crippen LogP contribution in [-0.4, -0.2) is 43.6 Å². The zero-order valence-corrected chi connectivity index (χ0v) is 21.4. The highest BCUT2D eigenvalue weighted by molar-refractivity contribution is 9.10. The number of rotatable bonds is 8. The van der Waals surface area contributed by atoms with Crippen molar-refractivity contribution in [1.82, 2.24) is 5.32 Å². The summed E-state index contributed by atoms with van der Waals surface area (Å²) in [6, 6.07) is 7.46. The predicted octanol–water partition coefficient (Wildman–Crippen LogP) is 4.07. The summed E-state index contributed by atoms with van der Waals surface area (Å²) >= 11 is 3.41. The van der Waals surface area contributed by atoms with Gasteiger partial charge in [0.25, 0.3) is 11.8 Å². The van der Waals surface area contributed by atoms with Crippen LogP contribution >= 0.6 is 15.9 Å². The van der Waals surface area contributed by atoms with Gasteiger partial charge in [-0.15, -0.1) is 0 Å². The van der Waals surface area contributed by atoms with Gasteiger partial charge in [-0.3, -0.25) is 14.9 Å². The molecule has 1 heterocycles. The molecule has 2 aromatic carbocycles. The number of hydrogen-bond donors (Lipinski definition) is 1. The summed E-state index contributed by atoms with van der Waals surface area (Å²) in [5.41, 5.74) is 2.46. The van der Waals surface area contributed by atoms with Crippen molar-refractivity contribution in [1.29, 1.82) is 0 Å². The number of hydrogen-bond acceptors (Lipinski definition) is 7. The molecule has 0 bridgehead atoms. The summed E-state index contributed by atoms with van der Waals surface area (Å²) in [6.07, 6.45) is 1.36. The minimum Gasteiger partial charge on any atom is -0.490 e. The Hall–Kier alpha value is -3.66. The SMILES string of the molecule is CCOC(=O)COc1cc(Br)c(/C=C2\C(=O)NC(=O)N(c3ccc(C)c(C)c3)C2=O)cc1OCC. The molecule has 0 unspecified atom stereocenters. The highest BCUT2D eigenvalue weighted by Gasteiger charge is 2.37. The first kappa shape index (κ1) is 26.0. The number of carbonyl (C=O) groups excluding carboxylic acids is 4. The fraction of sp³-hybridized carbons (Fsp3) is 0.280. The number of ether oxygens (including phenoxy) is 3. The van der Waals surface area contributed by atoms with Gasteiger partial charge < -0.3 is 14.2 Å². The maximum absolute atomic E-state index is 13.2. The zero-order chi connectivity index (χ0) is 25.7. The molecular weight excluding hydrogens is 520 g/mol. The highest BCUT2D eigenvalue weighted by Crippen LogP contribution is 2.35. The van der Waals surface area contributed by atoms with Crippen LogP contribution < -0.4 is 19.7 Å². The van der Waals surface area contributed by atoms with Crippen LogP contribution in [0.3, 0.4) is 0 Å². The quantitative estimate of drug-likeness (QED) is 0.303. The van der Waals surface area contributed by atoms with Gasteiger partial charge in [0.05, 0.1) is 18.9 Å². The molecule has 1 fully saturated rings. The fourth-order valence-electron chi connectivity index (χ4n) is 3.29. The summed E-state index contributed by atoms with van der Waals surface area (Å²) < 4.78 is 16.5. The smallest absolute Gasteiger partial charge is 0.344 e. The van der Waals surface area contributed by atoms with E-state index in [0.29, 0.717) is 28.1 Å². The number of nitrogens with zero attached hydrogens (tertiary/aromatic N) is 1. The van der Waals surface area contributed by atoms with Gasteiger partial charge >= 0.3 is 12.0 Å². The lowest BCUT2D eigenvalue weighted by Gasteiger charge is -2.27. The van der Waals surface area contributed by atoms with Gasteiger partial charge in [-0.2, -0.15) is 0 Å². The first-order valence-electron chi connectivity index (χ1n) is 10.9. The topological polar surface area (TPSA) is 111 Å². The van der Waals surface area contributed by atoms with E-state index < -0.39 is 23.8 Å². The van der Waals surface area contributed by atoms with Crippen LogP contribution in [0, 0.1) is 13.8 Å². The second-order valence-corrected chi connectivity index (χ2v) is 8.43. The number of carbonyl (C=O) groups is 4. The van der Waals surface area contributed by atoms with Crippen molar-refractivity contribution in [2.24, 2.45) is 0 Å². The van der Waals surface area contributed by atoms with Crippen LogP contribution in [0.1, 0.15) is 30.5 Å². The molecule has 0 aliphatic carbocycles. The largest absolute Gasteiger partial charge is 0.490 e. The van der Waals surface area contributed by atoms with E-state index in [1.54, 1.807) is 44.2 Å². The average Bonchev–Trinajstić information content (AvgIpc) is 2.79. The van der Waals surface area contributed by atoms with Crippen molar-refractivity contribution in [2.75, 3.05) is 24.7 Å². The molecule has 1 aliphatic heterocycles. The first-order chi connectivity index (χ1) is 16.7.